The maximum absolute atomic E-state index is 12.7. The number of ketones is 2. The summed E-state index contributed by atoms with van der Waals surface area (Å²) in [6, 6.07) is 6.94. The number of carbonyl (C=O) groups excluding carboxylic acids is 3. The Morgan fingerprint density at radius 3 is 2.12 bits per heavy atom. The van der Waals surface area contributed by atoms with E-state index in [0.29, 0.717) is 17.9 Å². The molecule has 0 N–H and O–H groups in total. The first kappa shape index (κ1) is 21.9. The Morgan fingerprint density at radius 1 is 1.04 bits per heavy atom. The summed E-state index contributed by atoms with van der Waals surface area (Å²) < 4.78 is 11.4. The Bertz CT molecular complexity index is 633. The third-order valence-electron chi connectivity index (χ3n) is 4.78. The lowest BCUT2D eigenvalue weighted by Gasteiger charge is -2.25. The van der Waals surface area contributed by atoms with Crippen molar-refractivity contribution >= 4 is 17.5 Å². The molecule has 0 unspecified atom stereocenters. The number of ether oxygens (including phenoxy) is 2. The molecule has 0 bridgehead atoms. The van der Waals surface area contributed by atoms with Crippen molar-refractivity contribution in [3.05, 3.63) is 24.3 Å². The van der Waals surface area contributed by atoms with Crippen molar-refractivity contribution in [3.8, 4) is 11.5 Å². The fourth-order valence-electron chi connectivity index (χ4n) is 2.47. The summed E-state index contributed by atoms with van der Waals surface area (Å²) in [6.45, 7) is 8.70. The number of para-hydroxylation sites is 2. The van der Waals surface area contributed by atoms with E-state index >= 15 is 0 Å². The fourth-order valence-corrected chi connectivity index (χ4v) is 2.47. The van der Waals surface area contributed by atoms with Crippen molar-refractivity contribution in [2.24, 2.45) is 5.41 Å². The number of Topliss-reactive ketones (excluding diaryl/α,β-unsaturated/α-hetero) is 2. The van der Waals surface area contributed by atoms with Gasteiger partial charge in [0, 0.05) is 12.8 Å². The van der Waals surface area contributed by atoms with E-state index in [9.17, 15) is 14.4 Å². The summed E-state index contributed by atoms with van der Waals surface area (Å²) in [5.41, 5.74) is -1.35. The van der Waals surface area contributed by atoms with Gasteiger partial charge in [-0.2, -0.15) is 0 Å². The number of esters is 1. The molecule has 0 fully saturated rings. The lowest BCUT2D eigenvalue weighted by atomic mass is 9.81. The molecule has 1 aromatic carbocycles. The molecule has 0 spiro atoms. The Morgan fingerprint density at radius 2 is 1.62 bits per heavy atom. The summed E-state index contributed by atoms with van der Waals surface area (Å²) in [6.07, 6.45) is 2.40. The predicted molar refractivity (Wildman–Crippen MR) is 100 cm³/mol. The first-order valence-electron chi connectivity index (χ1n) is 9.29. The average Bonchev–Trinajstić information content (AvgIpc) is 2.64. The van der Waals surface area contributed by atoms with Gasteiger partial charge in [-0.3, -0.25) is 14.4 Å². The zero-order valence-corrected chi connectivity index (χ0v) is 16.5. The van der Waals surface area contributed by atoms with Gasteiger partial charge >= 0.3 is 5.97 Å². The van der Waals surface area contributed by atoms with E-state index < -0.39 is 11.4 Å². The molecule has 0 saturated heterocycles. The quantitative estimate of drug-likeness (QED) is 0.329. The van der Waals surface area contributed by atoms with Gasteiger partial charge in [-0.1, -0.05) is 32.9 Å². The van der Waals surface area contributed by atoms with Crippen molar-refractivity contribution in [1.29, 1.82) is 0 Å². The van der Waals surface area contributed by atoms with Crippen LogP contribution in [0.5, 0.6) is 11.5 Å². The Hall–Kier alpha value is -2.17. The molecule has 1 aromatic rings. The molecular weight excluding hydrogens is 332 g/mol. The van der Waals surface area contributed by atoms with E-state index in [-0.39, 0.29) is 30.5 Å². The molecule has 0 amide bonds. The van der Waals surface area contributed by atoms with Crippen LogP contribution >= 0.6 is 0 Å². The lowest BCUT2D eigenvalue weighted by molar-refractivity contribution is -0.151. The molecule has 26 heavy (non-hydrogen) atoms. The van der Waals surface area contributed by atoms with Crippen LogP contribution in [-0.4, -0.2) is 23.6 Å². The van der Waals surface area contributed by atoms with Crippen LogP contribution in [0, 0.1) is 5.41 Å². The summed E-state index contributed by atoms with van der Waals surface area (Å²) in [7, 11) is 0. The third-order valence-corrected chi connectivity index (χ3v) is 4.78. The van der Waals surface area contributed by atoms with Crippen LogP contribution in [0.4, 0.5) is 0 Å². The topological polar surface area (TPSA) is 69.7 Å². The van der Waals surface area contributed by atoms with Crippen molar-refractivity contribution < 1.29 is 23.9 Å². The molecular formula is C21H30O5. The zero-order chi connectivity index (χ0) is 19.7. The zero-order valence-electron chi connectivity index (χ0n) is 16.5. The second-order valence-corrected chi connectivity index (χ2v) is 6.67. The Balaban J connectivity index is 2.99. The minimum atomic E-state index is -1.35. The second-order valence-electron chi connectivity index (χ2n) is 6.67. The smallest absolute Gasteiger partial charge is 0.324 e. The SMILES string of the molecule is CCC(=O)CC[C@](C)(C(C)=O)C(=O)Oc1ccccc1OC(CC)CC. The molecule has 1 rings (SSSR count). The summed E-state index contributed by atoms with van der Waals surface area (Å²) in [5.74, 6) is -0.189. The van der Waals surface area contributed by atoms with Crippen molar-refractivity contribution in [3.63, 3.8) is 0 Å². The highest BCUT2D eigenvalue weighted by Gasteiger charge is 2.40. The van der Waals surface area contributed by atoms with Gasteiger partial charge in [0.25, 0.3) is 0 Å². The third kappa shape index (κ3) is 5.68. The molecule has 144 valence electrons. The lowest BCUT2D eigenvalue weighted by Crippen LogP contribution is -2.38. The van der Waals surface area contributed by atoms with Gasteiger partial charge in [0.15, 0.2) is 11.5 Å². The molecule has 5 nitrogen and oxygen atoms in total. The van der Waals surface area contributed by atoms with Gasteiger partial charge in [0.1, 0.15) is 17.0 Å². The molecule has 0 radical (unpaired) electrons. The van der Waals surface area contributed by atoms with Crippen LogP contribution in [0.15, 0.2) is 24.3 Å². The first-order valence-corrected chi connectivity index (χ1v) is 9.29. The average molecular weight is 362 g/mol. The van der Waals surface area contributed by atoms with Gasteiger partial charge in [-0.25, -0.2) is 0 Å². The highest BCUT2D eigenvalue weighted by atomic mass is 16.6. The van der Waals surface area contributed by atoms with Crippen LogP contribution in [0.1, 0.15) is 66.7 Å². The summed E-state index contributed by atoms with van der Waals surface area (Å²) >= 11 is 0. The van der Waals surface area contributed by atoms with Gasteiger partial charge in [0.2, 0.25) is 0 Å². The van der Waals surface area contributed by atoms with Crippen LogP contribution in [0.3, 0.4) is 0 Å². The maximum atomic E-state index is 12.7. The summed E-state index contributed by atoms with van der Waals surface area (Å²) in [5, 5.41) is 0. The van der Waals surface area contributed by atoms with Crippen molar-refractivity contribution in [1.82, 2.24) is 0 Å². The molecule has 0 aliphatic rings. The van der Waals surface area contributed by atoms with Gasteiger partial charge in [0.05, 0.1) is 6.10 Å². The van der Waals surface area contributed by atoms with E-state index in [1.807, 2.05) is 13.8 Å². The number of hydrogen-bond acceptors (Lipinski definition) is 5. The second kappa shape index (κ2) is 10.1. The van der Waals surface area contributed by atoms with E-state index in [1.165, 1.54) is 13.8 Å². The largest absolute Gasteiger partial charge is 0.487 e. The van der Waals surface area contributed by atoms with E-state index in [0.717, 1.165) is 12.8 Å². The van der Waals surface area contributed by atoms with E-state index in [1.54, 1.807) is 31.2 Å². The van der Waals surface area contributed by atoms with Crippen LogP contribution < -0.4 is 9.47 Å². The van der Waals surface area contributed by atoms with Crippen molar-refractivity contribution in [2.45, 2.75) is 72.8 Å². The number of rotatable bonds is 11. The van der Waals surface area contributed by atoms with E-state index in [2.05, 4.69) is 0 Å². The molecule has 0 aromatic heterocycles. The van der Waals surface area contributed by atoms with Crippen LogP contribution in [0.2, 0.25) is 0 Å². The van der Waals surface area contributed by atoms with E-state index in [4.69, 9.17) is 9.47 Å². The van der Waals surface area contributed by atoms with Crippen molar-refractivity contribution in [2.75, 3.05) is 0 Å². The number of benzene rings is 1. The molecule has 0 aliphatic heterocycles. The predicted octanol–water partition coefficient (Wildman–Crippen LogP) is 4.51. The van der Waals surface area contributed by atoms with Gasteiger partial charge in [-0.15, -0.1) is 0 Å². The monoisotopic (exact) mass is 362 g/mol. The molecule has 0 heterocycles. The normalized spacial score (nSPS) is 13.2. The molecule has 1 atom stereocenters. The molecule has 0 saturated carbocycles. The minimum absolute atomic E-state index is 0.0164. The standard InChI is InChI=1S/C21H30O5/c1-6-16(23)13-14-21(5,15(4)22)20(24)26-19-12-10-9-11-18(19)25-17(7-2)8-3/h9-12,17H,6-8,13-14H2,1-5H3/t21-/m1/s1. The van der Waals surface area contributed by atoms with Crippen LogP contribution in [0.25, 0.3) is 0 Å². The fraction of sp³-hybridized carbons (Fsp3) is 0.571. The number of carbonyl (C=O) groups is 3. The first-order chi connectivity index (χ1) is 12.3. The molecule has 0 aliphatic carbocycles. The molecule has 5 heteroatoms. The van der Waals surface area contributed by atoms with Crippen LogP contribution in [-0.2, 0) is 14.4 Å². The highest BCUT2D eigenvalue weighted by Crippen LogP contribution is 2.33. The highest BCUT2D eigenvalue weighted by molar-refractivity contribution is 6.03. The van der Waals surface area contributed by atoms with Gasteiger partial charge in [-0.05, 0) is 45.2 Å². The summed E-state index contributed by atoms with van der Waals surface area (Å²) in [4.78, 5) is 36.5. The van der Waals surface area contributed by atoms with Gasteiger partial charge < -0.3 is 9.47 Å². The Labute approximate surface area is 156 Å². The Kier molecular flexibility index (Phi) is 8.49. The maximum Gasteiger partial charge on any atom is 0.324 e. The number of hydrogen-bond donors (Lipinski definition) is 0. The minimum Gasteiger partial charge on any atom is -0.487 e.